The monoisotopic (exact) mass is 251 g/mol. The average molecular weight is 251 g/mol. The molecule has 18 heavy (non-hydrogen) atoms. The Morgan fingerprint density at radius 1 is 1.50 bits per heavy atom. The fraction of sp³-hybridized carbons (Fsp3) is 0.786. The van der Waals surface area contributed by atoms with Crippen molar-refractivity contribution in [2.24, 2.45) is 5.41 Å². The molecule has 1 aliphatic rings. The maximum Gasteiger partial charge on any atom is 0.0596 e. The minimum absolute atomic E-state index is 0.345. The van der Waals surface area contributed by atoms with Crippen LogP contribution in [0.1, 0.15) is 25.2 Å². The van der Waals surface area contributed by atoms with E-state index in [1.807, 2.05) is 6.92 Å². The lowest BCUT2D eigenvalue weighted by molar-refractivity contribution is -0.116. The van der Waals surface area contributed by atoms with Crippen LogP contribution >= 0.6 is 0 Å². The number of aryl methyl sites for hydroxylation is 2. The minimum atomic E-state index is 0.345. The number of aromatic nitrogens is 2. The maximum absolute atomic E-state index is 5.32. The standard InChI is InChI=1S/C14H25N3O/c1-11-6-12(2)17(15-11)7-13(3)16(5)8-14(4)9-18-10-14/h6,13H,7-10H2,1-5H3. The number of likely N-dealkylation sites (N-methyl/N-ethyl adjacent to an activating group) is 1. The first-order valence-electron chi connectivity index (χ1n) is 6.69. The van der Waals surface area contributed by atoms with Crippen molar-refractivity contribution in [1.29, 1.82) is 0 Å². The van der Waals surface area contributed by atoms with Crippen LogP contribution in [0.4, 0.5) is 0 Å². The molecule has 0 aliphatic carbocycles. The SMILES string of the molecule is Cc1cc(C)n(CC(C)N(C)CC2(C)COC2)n1. The zero-order valence-corrected chi connectivity index (χ0v) is 12.2. The molecule has 1 aliphatic heterocycles. The topological polar surface area (TPSA) is 30.3 Å². The fourth-order valence-corrected chi connectivity index (χ4v) is 2.55. The largest absolute Gasteiger partial charge is 0.380 e. The van der Waals surface area contributed by atoms with Gasteiger partial charge in [-0.05, 0) is 33.9 Å². The summed E-state index contributed by atoms with van der Waals surface area (Å²) in [6, 6.07) is 2.62. The Balaban J connectivity index is 1.90. The Morgan fingerprint density at radius 2 is 2.17 bits per heavy atom. The van der Waals surface area contributed by atoms with Crippen molar-refractivity contribution >= 4 is 0 Å². The van der Waals surface area contributed by atoms with Gasteiger partial charge >= 0.3 is 0 Å². The Hall–Kier alpha value is -0.870. The van der Waals surface area contributed by atoms with Crippen molar-refractivity contribution in [2.75, 3.05) is 26.8 Å². The third-order valence-corrected chi connectivity index (χ3v) is 3.83. The summed E-state index contributed by atoms with van der Waals surface area (Å²) < 4.78 is 7.42. The van der Waals surface area contributed by atoms with E-state index >= 15 is 0 Å². The molecular weight excluding hydrogens is 226 g/mol. The van der Waals surface area contributed by atoms with Crippen LogP contribution in [0.25, 0.3) is 0 Å². The van der Waals surface area contributed by atoms with Crippen LogP contribution < -0.4 is 0 Å². The summed E-state index contributed by atoms with van der Waals surface area (Å²) in [4.78, 5) is 2.42. The van der Waals surface area contributed by atoms with Crippen molar-refractivity contribution < 1.29 is 4.74 Å². The highest BCUT2D eigenvalue weighted by atomic mass is 16.5. The maximum atomic E-state index is 5.32. The van der Waals surface area contributed by atoms with Crippen LogP contribution in [0.3, 0.4) is 0 Å². The summed E-state index contributed by atoms with van der Waals surface area (Å²) in [5, 5.41) is 4.53. The summed E-state index contributed by atoms with van der Waals surface area (Å²) >= 11 is 0. The summed E-state index contributed by atoms with van der Waals surface area (Å²) in [7, 11) is 2.19. The molecule has 0 radical (unpaired) electrons. The summed E-state index contributed by atoms with van der Waals surface area (Å²) in [5.74, 6) is 0. The fourth-order valence-electron chi connectivity index (χ4n) is 2.55. The van der Waals surface area contributed by atoms with E-state index in [4.69, 9.17) is 4.74 Å². The first-order chi connectivity index (χ1) is 8.39. The normalized spacial score (nSPS) is 19.9. The Labute approximate surface area is 110 Å². The van der Waals surface area contributed by atoms with Gasteiger partial charge in [0.15, 0.2) is 0 Å². The lowest BCUT2D eigenvalue weighted by Gasteiger charge is -2.42. The van der Waals surface area contributed by atoms with Gasteiger partial charge in [-0.1, -0.05) is 6.92 Å². The van der Waals surface area contributed by atoms with Crippen molar-refractivity contribution in [3.05, 3.63) is 17.5 Å². The van der Waals surface area contributed by atoms with Gasteiger partial charge in [-0.25, -0.2) is 0 Å². The van der Waals surface area contributed by atoms with Crippen molar-refractivity contribution in [2.45, 2.75) is 40.3 Å². The van der Waals surface area contributed by atoms with E-state index < -0.39 is 0 Å². The van der Waals surface area contributed by atoms with Gasteiger partial charge in [-0.15, -0.1) is 0 Å². The number of hydrogen-bond acceptors (Lipinski definition) is 3. The van der Waals surface area contributed by atoms with Gasteiger partial charge in [0.05, 0.1) is 25.5 Å². The minimum Gasteiger partial charge on any atom is -0.380 e. The van der Waals surface area contributed by atoms with Crippen molar-refractivity contribution in [3.63, 3.8) is 0 Å². The molecule has 2 rings (SSSR count). The molecule has 2 heterocycles. The van der Waals surface area contributed by atoms with Crippen molar-refractivity contribution in [3.8, 4) is 0 Å². The lowest BCUT2D eigenvalue weighted by Crippen LogP contribution is -2.50. The lowest BCUT2D eigenvalue weighted by atomic mass is 9.88. The highest BCUT2D eigenvalue weighted by Gasteiger charge is 2.35. The van der Waals surface area contributed by atoms with E-state index in [0.717, 1.165) is 32.0 Å². The molecular formula is C14H25N3O. The van der Waals surface area contributed by atoms with E-state index in [9.17, 15) is 0 Å². The van der Waals surface area contributed by atoms with Crippen LogP contribution in [-0.2, 0) is 11.3 Å². The first-order valence-corrected chi connectivity index (χ1v) is 6.69. The molecule has 0 amide bonds. The van der Waals surface area contributed by atoms with Crippen LogP contribution in [0.2, 0.25) is 0 Å². The quantitative estimate of drug-likeness (QED) is 0.800. The molecule has 0 aromatic carbocycles. The van der Waals surface area contributed by atoms with Gasteiger partial charge in [0.25, 0.3) is 0 Å². The second kappa shape index (κ2) is 5.02. The van der Waals surface area contributed by atoms with Gasteiger partial charge in [-0.3, -0.25) is 4.68 Å². The Kier molecular flexibility index (Phi) is 3.78. The summed E-state index contributed by atoms with van der Waals surface area (Å²) in [5.41, 5.74) is 2.69. The molecule has 0 N–H and O–H groups in total. The molecule has 1 aromatic heterocycles. The van der Waals surface area contributed by atoms with Crippen LogP contribution in [0.15, 0.2) is 6.07 Å². The molecule has 1 atom stereocenters. The molecule has 1 saturated heterocycles. The van der Waals surface area contributed by atoms with Gasteiger partial charge in [0.1, 0.15) is 0 Å². The van der Waals surface area contributed by atoms with Gasteiger partial charge in [0, 0.05) is 23.7 Å². The summed E-state index contributed by atoms with van der Waals surface area (Å²) in [6.07, 6.45) is 0. The van der Waals surface area contributed by atoms with Crippen LogP contribution in [0.5, 0.6) is 0 Å². The molecule has 4 nitrogen and oxygen atoms in total. The zero-order chi connectivity index (χ0) is 13.3. The number of ether oxygens (including phenoxy) is 1. The molecule has 1 fully saturated rings. The predicted octanol–water partition coefficient (Wildman–Crippen LogP) is 1.86. The van der Waals surface area contributed by atoms with E-state index in [1.165, 1.54) is 5.69 Å². The number of rotatable bonds is 5. The van der Waals surface area contributed by atoms with E-state index in [0.29, 0.717) is 11.5 Å². The average Bonchev–Trinajstić information content (AvgIpc) is 2.55. The van der Waals surface area contributed by atoms with Crippen LogP contribution in [0, 0.1) is 19.3 Å². The van der Waals surface area contributed by atoms with E-state index in [2.05, 4.69) is 48.6 Å². The molecule has 1 aromatic rings. The smallest absolute Gasteiger partial charge is 0.0596 e. The summed E-state index contributed by atoms with van der Waals surface area (Å²) in [6.45, 7) is 12.6. The highest BCUT2D eigenvalue weighted by molar-refractivity contribution is 5.06. The van der Waals surface area contributed by atoms with Crippen molar-refractivity contribution in [1.82, 2.24) is 14.7 Å². The number of nitrogens with zero attached hydrogens (tertiary/aromatic N) is 3. The van der Waals surface area contributed by atoms with E-state index in [1.54, 1.807) is 0 Å². The molecule has 102 valence electrons. The van der Waals surface area contributed by atoms with E-state index in [-0.39, 0.29) is 0 Å². The first kappa shape index (κ1) is 13.6. The molecule has 0 bridgehead atoms. The predicted molar refractivity (Wildman–Crippen MR) is 72.7 cm³/mol. The second-order valence-electron chi connectivity index (χ2n) is 6.18. The molecule has 0 saturated carbocycles. The molecule has 0 spiro atoms. The number of hydrogen-bond donors (Lipinski definition) is 0. The van der Waals surface area contributed by atoms with Gasteiger partial charge < -0.3 is 9.64 Å². The van der Waals surface area contributed by atoms with Gasteiger partial charge in [0.2, 0.25) is 0 Å². The Bertz CT molecular complexity index is 409. The van der Waals surface area contributed by atoms with Gasteiger partial charge in [-0.2, -0.15) is 5.10 Å². The Morgan fingerprint density at radius 3 is 2.61 bits per heavy atom. The molecule has 1 unspecified atom stereocenters. The molecule has 4 heteroatoms. The second-order valence-corrected chi connectivity index (χ2v) is 6.18. The van der Waals surface area contributed by atoms with Crippen LogP contribution in [-0.4, -0.2) is 47.5 Å². The zero-order valence-electron chi connectivity index (χ0n) is 12.2. The third-order valence-electron chi connectivity index (χ3n) is 3.83. The highest BCUT2D eigenvalue weighted by Crippen LogP contribution is 2.27. The third kappa shape index (κ3) is 2.93.